The van der Waals surface area contributed by atoms with Gasteiger partial charge in [-0.15, -0.1) is 0 Å². The first-order chi connectivity index (χ1) is 11.1. The molecule has 24 heavy (non-hydrogen) atoms. The van der Waals surface area contributed by atoms with E-state index in [4.69, 9.17) is 0 Å². The number of nitrogens with zero attached hydrogens (tertiary/aromatic N) is 2. The number of aryl methyl sites for hydroxylation is 1. The molecule has 0 fully saturated rings. The van der Waals surface area contributed by atoms with Crippen molar-refractivity contribution in [2.45, 2.75) is 73.9 Å². The Morgan fingerprint density at radius 3 is 2.08 bits per heavy atom. The van der Waals surface area contributed by atoms with Crippen LogP contribution in [-0.4, -0.2) is 4.57 Å². The minimum Gasteiger partial charge on any atom is -0.237 e. The molecule has 2 nitrogen and oxygen atoms in total. The van der Waals surface area contributed by atoms with E-state index in [2.05, 4.69) is 101 Å². The molecule has 1 unspecified atom stereocenters. The highest BCUT2D eigenvalue weighted by Gasteiger charge is 2.30. The first kappa shape index (κ1) is 18.8. The molecule has 2 aromatic rings. The average molecular weight is 328 g/mol. The highest BCUT2D eigenvalue weighted by molar-refractivity contribution is 5.26. The van der Waals surface area contributed by atoms with Gasteiger partial charge in [0.25, 0.3) is 0 Å². The number of aromatic nitrogens is 2. The van der Waals surface area contributed by atoms with Crippen molar-refractivity contribution in [2.24, 2.45) is 10.8 Å². The monoisotopic (exact) mass is 327 g/mol. The fourth-order valence-electron chi connectivity index (χ4n) is 3.32. The normalized spacial score (nSPS) is 14.0. The minimum atomic E-state index is 0.280. The standard InChI is InChI=1S/C22H35N2/c1-8-23-13-14-24(17-23)16-18-9-11-19(12-10-18)20(22(5,6)7)15-21(2,3)4/h9-14,17,20H,8,15-16H2,1-7H3/q+1. The van der Waals surface area contributed by atoms with E-state index >= 15 is 0 Å². The van der Waals surface area contributed by atoms with Crippen LogP contribution in [0.4, 0.5) is 0 Å². The van der Waals surface area contributed by atoms with E-state index in [1.54, 1.807) is 0 Å². The summed E-state index contributed by atoms with van der Waals surface area (Å²) in [6.07, 6.45) is 7.66. The van der Waals surface area contributed by atoms with Crippen LogP contribution in [0.1, 0.15) is 71.9 Å². The molecule has 0 saturated carbocycles. The van der Waals surface area contributed by atoms with Gasteiger partial charge in [-0.3, -0.25) is 0 Å². The summed E-state index contributed by atoms with van der Waals surface area (Å²) >= 11 is 0. The van der Waals surface area contributed by atoms with E-state index < -0.39 is 0 Å². The van der Waals surface area contributed by atoms with Gasteiger partial charge in [0.15, 0.2) is 0 Å². The van der Waals surface area contributed by atoms with Crippen molar-refractivity contribution in [3.63, 3.8) is 0 Å². The van der Waals surface area contributed by atoms with Crippen LogP contribution in [0.2, 0.25) is 0 Å². The second-order valence-electron chi connectivity index (χ2n) is 9.34. The molecular formula is C22H35N2+. The maximum absolute atomic E-state index is 2.36. The van der Waals surface area contributed by atoms with E-state index in [0.717, 1.165) is 13.1 Å². The molecule has 2 heteroatoms. The maximum atomic E-state index is 2.36. The third-order valence-electron chi connectivity index (χ3n) is 4.72. The number of benzene rings is 1. The zero-order valence-corrected chi connectivity index (χ0v) is 16.6. The lowest BCUT2D eigenvalue weighted by atomic mass is 9.69. The Labute approximate surface area is 148 Å². The quantitative estimate of drug-likeness (QED) is 0.649. The molecule has 0 radical (unpaired) electrons. The van der Waals surface area contributed by atoms with Crippen LogP contribution in [-0.2, 0) is 13.1 Å². The summed E-state index contributed by atoms with van der Waals surface area (Å²) in [5, 5.41) is 0. The van der Waals surface area contributed by atoms with Crippen LogP contribution in [0, 0.1) is 10.8 Å². The van der Waals surface area contributed by atoms with Gasteiger partial charge >= 0.3 is 0 Å². The molecule has 0 aliphatic rings. The first-order valence-electron chi connectivity index (χ1n) is 9.22. The Morgan fingerprint density at radius 1 is 1.00 bits per heavy atom. The summed E-state index contributed by atoms with van der Waals surface area (Å²) in [4.78, 5) is 0. The third-order valence-corrected chi connectivity index (χ3v) is 4.72. The Hall–Kier alpha value is -1.57. The molecule has 1 aromatic heterocycles. The van der Waals surface area contributed by atoms with Gasteiger partial charge in [0, 0.05) is 0 Å². The molecule has 1 atom stereocenters. The van der Waals surface area contributed by atoms with Gasteiger partial charge in [-0.1, -0.05) is 65.8 Å². The second kappa shape index (κ2) is 7.13. The predicted molar refractivity (Wildman–Crippen MR) is 102 cm³/mol. The van der Waals surface area contributed by atoms with Gasteiger partial charge < -0.3 is 0 Å². The van der Waals surface area contributed by atoms with E-state index in [0.29, 0.717) is 11.3 Å². The van der Waals surface area contributed by atoms with Crippen LogP contribution >= 0.6 is 0 Å². The van der Waals surface area contributed by atoms with Crippen LogP contribution in [0.5, 0.6) is 0 Å². The molecule has 0 spiro atoms. The fraction of sp³-hybridized carbons (Fsp3) is 0.591. The van der Waals surface area contributed by atoms with Crippen molar-refractivity contribution >= 4 is 0 Å². The highest BCUT2D eigenvalue weighted by Crippen LogP contribution is 2.42. The zero-order valence-electron chi connectivity index (χ0n) is 16.6. The molecule has 1 heterocycles. The minimum absolute atomic E-state index is 0.280. The summed E-state index contributed by atoms with van der Waals surface area (Å²) in [5.74, 6) is 0.584. The lowest BCUT2D eigenvalue weighted by molar-refractivity contribution is -0.687. The van der Waals surface area contributed by atoms with Crippen molar-refractivity contribution in [1.29, 1.82) is 0 Å². The van der Waals surface area contributed by atoms with E-state index in [1.807, 2.05) is 0 Å². The number of hydrogen-bond acceptors (Lipinski definition) is 0. The maximum Gasteiger partial charge on any atom is 0.244 e. The van der Waals surface area contributed by atoms with E-state index in [9.17, 15) is 0 Å². The molecule has 0 bridgehead atoms. The van der Waals surface area contributed by atoms with Gasteiger partial charge in [0.1, 0.15) is 18.9 Å². The van der Waals surface area contributed by atoms with E-state index in [-0.39, 0.29) is 5.41 Å². The molecule has 0 N–H and O–H groups in total. The summed E-state index contributed by atoms with van der Waals surface area (Å²) in [6.45, 7) is 18.2. The number of imidazole rings is 1. The average Bonchev–Trinajstić information content (AvgIpc) is 2.91. The van der Waals surface area contributed by atoms with Gasteiger partial charge in [0.2, 0.25) is 6.33 Å². The Morgan fingerprint density at radius 2 is 1.62 bits per heavy atom. The molecule has 2 rings (SSSR count). The molecule has 1 aromatic carbocycles. The molecule has 0 aliphatic carbocycles. The summed E-state index contributed by atoms with van der Waals surface area (Å²) in [5.41, 5.74) is 3.45. The zero-order chi connectivity index (χ0) is 18.0. The molecule has 132 valence electrons. The van der Waals surface area contributed by atoms with E-state index in [1.165, 1.54) is 17.5 Å². The number of rotatable bonds is 5. The summed E-state index contributed by atoms with van der Waals surface area (Å²) < 4.78 is 4.45. The number of hydrogen-bond donors (Lipinski definition) is 0. The molecular weight excluding hydrogens is 292 g/mol. The predicted octanol–water partition coefficient (Wildman–Crippen LogP) is 5.41. The van der Waals surface area contributed by atoms with Crippen LogP contribution in [0.25, 0.3) is 0 Å². The van der Waals surface area contributed by atoms with Crippen LogP contribution in [0.3, 0.4) is 0 Å². The van der Waals surface area contributed by atoms with Gasteiger partial charge in [-0.25, -0.2) is 9.13 Å². The van der Waals surface area contributed by atoms with Gasteiger partial charge in [-0.2, -0.15) is 0 Å². The topological polar surface area (TPSA) is 8.81 Å². The Kier molecular flexibility index (Phi) is 5.57. The van der Waals surface area contributed by atoms with Crippen LogP contribution in [0.15, 0.2) is 43.0 Å². The van der Waals surface area contributed by atoms with Gasteiger partial charge in [0.05, 0.1) is 6.54 Å². The Balaban J connectivity index is 2.16. The SMILES string of the molecule is CCn1cc[n+](Cc2ccc(C(CC(C)(C)C)C(C)(C)C)cc2)c1. The Bertz CT molecular complexity index is 636. The smallest absolute Gasteiger partial charge is 0.237 e. The van der Waals surface area contributed by atoms with Crippen molar-refractivity contribution < 1.29 is 4.57 Å². The summed E-state index contributed by atoms with van der Waals surface area (Å²) in [6, 6.07) is 9.28. The molecule has 0 aliphatic heterocycles. The van der Waals surface area contributed by atoms with Crippen molar-refractivity contribution in [2.75, 3.05) is 0 Å². The second-order valence-corrected chi connectivity index (χ2v) is 9.34. The largest absolute Gasteiger partial charge is 0.244 e. The summed E-state index contributed by atoms with van der Waals surface area (Å²) in [7, 11) is 0. The van der Waals surface area contributed by atoms with Crippen molar-refractivity contribution in [3.8, 4) is 0 Å². The fourth-order valence-corrected chi connectivity index (χ4v) is 3.32. The van der Waals surface area contributed by atoms with Crippen molar-refractivity contribution in [1.82, 2.24) is 4.57 Å². The molecule has 0 amide bonds. The van der Waals surface area contributed by atoms with Gasteiger partial charge in [-0.05, 0) is 41.2 Å². The lowest BCUT2D eigenvalue weighted by Gasteiger charge is -2.36. The first-order valence-corrected chi connectivity index (χ1v) is 9.22. The lowest BCUT2D eigenvalue weighted by Crippen LogP contribution is -2.31. The molecule has 0 saturated heterocycles. The highest BCUT2D eigenvalue weighted by atomic mass is 15.1. The van der Waals surface area contributed by atoms with Crippen molar-refractivity contribution in [3.05, 3.63) is 54.1 Å². The van der Waals surface area contributed by atoms with Crippen LogP contribution < -0.4 is 4.57 Å². The third kappa shape index (κ3) is 5.22.